The van der Waals surface area contributed by atoms with Crippen molar-refractivity contribution in [3.63, 3.8) is 0 Å². The minimum atomic E-state index is -0.979. The van der Waals surface area contributed by atoms with Gasteiger partial charge < -0.3 is 9.84 Å². The fourth-order valence-corrected chi connectivity index (χ4v) is 3.70. The average Bonchev–Trinajstić information content (AvgIpc) is 2.59. The Labute approximate surface area is 141 Å². The number of rotatable bonds is 5. The van der Waals surface area contributed by atoms with E-state index in [0.29, 0.717) is 17.9 Å². The van der Waals surface area contributed by atoms with Gasteiger partial charge in [-0.1, -0.05) is 38.7 Å². The van der Waals surface area contributed by atoms with Gasteiger partial charge in [0.05, 0.1) is 6.61 Å². The Bertz CT molecular complexity index is 706. The molecule has 1 aliphatic rings. The first-order chi connectivity index (χ1) is 11.6. The molecule has 2 aromatic carbocycles. The highest BCUT2D eigenvalue weighted by Crippen LogP contribution is 2.34. The number of phenols is 1. The van der Waals surface area contributed by atoms with Crippen LogP contribution in [0.25, 0.3) is 10.8 Å². The first-order valence-corrected chi connectivity index (χ1v) is 8.82. The van der Waals surface area contributed by atoms with Gasteiger partial charge in [-0.25, -0.2) is 4.39 Å². The van der Waals surface area contributed by atoms with E-state index in [4.69, 9.17) is 4.74 Å². The van der Waals surface area contributed by atoms with E-state index in [-0.39, 0.29) is 16.9 Å². The van der Waals surface area contributed by atoms with E-state index in [0.717, 1.165) is 18.8 Å². The van der Waals surface area contributed by atoms with Crippen molar-refractivity contribution >= 4 is 10.8 Å². The molecule has 0 aliphatic heterocycles. The van der Waals surface area contributed by atoms with Crippen LogP contribution in [0, 0.1) is 23.5 Å². The van der Waals surface area contributed by atoms with Gasteiger partial charge in [0.15, 0.2) is 11.6 Å². The van der Waals surface area contributed by atoms with Crippen LogP contribution in [-0.4, -0.2) is 11.7 Å². The summed E-state index contributed by atoms with van der Waals surface area (Å²) in [6, 6.07) is 5.76. The highest BCUT2D eigenvalue weighted by atomic mass is 19.2. The van der Waals surface area contributed by atoms with Crippen LogP contribution in [0.2, 0.25) is 0 Å². The van der Waals surface area contributed by atoms with Gasteiger partial charge in [-0.05, 0) is 48.3 Å². The molecular weight excluding hydrogens is 310 g/mol. The third-order valence-electron chi connectivity index (χ3n) is 5.11. The quantitative estimate of drug-likeness (QED) is 0.748. The lowest BCUT2D eigenvalue weighted by atomic mass is 9.80. The molecule has 1 N–H and O–H groups in total. The Morgan fingerprint density at radius 2 is 1.75 bits per heavy atom. The molecule has 0 heterocycles. The maximum absolute atomic E-state index is 14.2. The highest BCUT2D eigenvalue weighted by molar-refractivity contribution is 5.86. The number of phenolic OH excluding ortho intramolecular Hbond substituents is 1. The number of fused-ring (bicyclic) bond motifs is 1. The zero-order chi connectivity index (χ0) is 17.1. The monoisotopic (exact) mass is 334 g/mol. The summed E-state index contributed by atoms with van der Waals surface area (Å²) in [7, 11) is 0. The summed E-state index contributed by atoms with van der Waals surface area (Å²) in [5.41, 5.74) is 0. The molecule has 1 fully saturated rings. The molecule has 0 atom stereocenters. The first kappa shape index (κ1) is 17.0. The second-order valence-electron chi connectivity index (χ2n) is 6.89. The molecule has 0 radical (unpaired) electrons. The predicted octanol–water partition coefficient (Wildman–Crippen LogP) is 5.81. The highest BCUT2D eigenvalue weighted by Gasteiger charge is 2.22. The van der Waals surface area contributed by atoms with Gasteiger partial charge in [0.2, 0.25) is 5.82 Å². The van der Waals surface area contributed by atoms with Crippen LogP contribution in [0.15, 0.2) is 24.3 Å². The molecule has 0 spiro atoms. The first-order valence-electron chi connectivity index (χ1n) is 8.82. The molecule has 3 rings (SSSR count). The maximum Gasteiger partial charge on any atom is 0.201 e. The summed E-state index contributed by atoms with van der Waals surface area (Å²) in [5, 5.41) is 10.0. The van der Waals surface area contributed by atoms with E-state index in [1.807, 2.05) is 0 Å². The van der Waals surface area contributed by atoms with Gasteiger partial charge in [-0.3, -0.25) is 0 Å². The Morgan fingerprint density at radius 1 is 1.04 bits per heavy atom. The van der Waals surface area contributed by atoms with Crippen molar-refractivity contribution in [3.05, 3.63) is 35.9 Å². The summed E-state index contributed by atoms with van der Waals surface area (Å²) in [6.45, 7) is 2.64. The van der Waals surface area contributed by atoms with Gasteiger partial charge in [0, 0.05) is 5.39 Å². The van der Waals surface area contributed by atoms with E-state index in [1.54, 1.807) is 6.07 Å². The third kappa shape index (κ3) is 3.63. The van der Waals surface area contributed by atoms with Crippen LogP contribution in [0.5, 0.6) is 11.5 Å². The molecule has 4 heteroatoms. The van der Waals surface area contributed by atoms with E-state index < -0.39 is 11.6 Å². The van der Waals surface area contributed by atoms with Crippen molar-refractivity contribution in [2.75, 3.05) is 6.61 Å². The second-order valence-corrected chi connectivity index (χ2v) is 6.89. The standard InChI is InChI=1S/C20H24F2O2/c1-2-3-13-4-6-14(7-5-13)12-24-18-10-15-8-9-16(23)11-17(15)19(21)20(18)22/h8-11,13-14,23H,2-7,12H2,1H3. The Hall–Kier alpha value is -1.84. The van der Waals surface area contributed by atoms with Crippen LogP contribution < -0.4 is 4.74 Å². The van der Waals surface area contributed by atoms with E-state index in [9.17, 15) is 13.9 Å². The Balaban J connectivity index is 1.68. The molecule has 2 nitrogen and oxygen atoms in total. The number of ether oxygens (including phenoxy) is 1. The summed E-state index contributed by atoms with van der Waals surface area (Å²) in [6.07, 6.45) is 7.10. The molecular formula is C20H24F2O2. The third-order valence-corrected chi connectivity index (χ3v) is 5.11. The van der Waals surface area contributed by atoms with Crippen LogP contribution in [-0.2, 0) is 0 Å². The summed E-state index contributed by atoms with van der Waals surface area (Å²) in [5.74, 6) is -0.845. The molecule has 24 heavy (non-hydrogen) atoms. The van der Waals surface area contributed by atoms with Crippen molar-refractivity contribution < 1.29 is 18.6 Å². The van der Waals surface area contributed by atoms with Crippen molar-refractivity contribution in [1.82, 2.24) is 0 Å². The fourth-order valence-electron chi connectivity index (χ4n) is 3.70. The largest absolute Gasteiger partial charge is 0.508 e. The normalized spacial score (nSPS) is 21.1. The molecule has 1 saturated carbocycles. The number of benzene rings is 2. The molecule has 0 amide bonds. The van der Waals surface area contributed by atoms with Gasteiger partial charge in [-0.2, -0.15) is 4.39 Å². The van der Waals surface area contributed by atoms with Crippen molar-refractivity contribution in [2.45, 2.75) is 45.4 Å². The SMILES string of the molecule is CCCC1CCC(COc2cc3ccc(O)cc3c(F)c2F)CC1. The average molecular weight is 334 g/mol. The smallest absolute Gasteiger partial charge is 0.201 e. The molecule has 0 aromatic heterocycles. The Morgan fingerprint density at radius 3 is 2.46 bits per heavy atom. The molecule has 0 unspecified atom stereocenters. The van der Waals surface area contributed by atoms with Crippen molar-refractivity contribution in [2.24, 2.45) is 11.8 Å². The second kappa shape index (κ2) is 7.37. The molecule has 130 valence electrons. The van der Waals surface area contributed by atoms with Gasteiger partial charge in [-0.15, -0.1) is 0 Å². The van der Waals surface area contributed by atoms with E-state index >= 15 is 0 Å². The number of halogens is 2. The van der Waals surface area contributed by atoms with E-state index in [1.165, 1.54) is 43.9 Å². The molecule has 1 aliphatic carbocycles. The molecule has 0 bridgehead atoms. The van der Waals surface area contributed by atoms with Crippen molar-refractivity contribution in [3.8, 4) is 11.5 Å². The number of hydrogen-bond acceptors (Lipinski definition) is 2. The Kier molecular flexibility index (Phi) is 5.22. The number of aromatic hydroxyl groups is 1. The van der Waals surface area contributed by atoms with Gasteiger partial charge in [0.1, 0.15) is 5.75 Å². The molecule has 2 aromatic rings. The van der Waals surface area contributed by atoms with Crippen LogP contribution in [0.1, 0.15) is 45.4 Å². The lowest BCUT2D eigenvalue weighted by Crippen LogP contribution is -2.20. The lowest BCUT2D eigenvalue weighted by Gasteiger charge is -2.28. The topological polar surface area (TPSA) is 29.5 Å². The zero-order valence-corrected chi connectivity index (χ0v) is 14.0. The number of hydrogen-bond donors (Lipinski definition) is 1. The van der Waals surface area contributed by atoms with Crippen molar-refractivity contribution in [1.29, 1.82) is 0 Å². The predicted molar refractivity (Wildman–Crippen MR) is 91.4 cm³/mol. The van der Waals surface area contributed by atoms with E-state index in [2.05, 4.69) is 6.92 Å². The zero-order valence-electron chi connectivity index (χ0n) is 14.0. The lowest BCUT2D eigenvalue weighted by molar-refractivity contribution is 0.173. The van der Waals surface area contributed by atoms with Crippen LogP contribution in [0.4, 0.5) is 8.78 Å². The summed E-state index contributed by atoms with van der Waals surface area (Å²) >= 11 is 0. The minimum absolute atomic E-state index is 0.0404. The fraction of sp³-hybridized carbons (Fsp3) is 0.500. The minimum Gasteiger partial charge on any atom is -0.508 e. The summed E-state index contributed by atoms with van der Waals surface area (Å²) in [4.78, 5) is 0. The van der Waals surface area contributed by atoms with Gasteiger partial charge >= 0.3 is 0 Å². The van der Waals surface area contributed by atoms with Gasteiger partial charge in [0.25, 0.3) is 0 Å². The maximum atomic E-state index is 14.2. The van der Waals surface area contributed by atoms with Crippen LogP contribution >= 0.6 is 0 Å². The van der Waals surface area contributed by atoms with Crippen LogP contribution in [0.3, 0.4) is 0 Å². The summed E-state index contributed by atoms with van der Waals surface area (Å²) < 4.78 is 34.0. The molecule has 0 saturated heterocycles.